The van der Waals surface area contributed by atoms with Crippen molar-refractivity contribution < 1.29 is 4.79 Å². The third kappa shape index (κ3) is 5.24. The zero-order valence-corrected chi connectivity index (χ0v) is 10.9. The van der Waals surface area contributed by atoms with Crippen molar-refractivity contribution in [1.82, 2.24) is 4.90 Å². The van der Waals surface area contributed by atoms with Crippen LogP contribution in [0.3, 0.4) is 0 Å². The first-order chi connectivity index (χ1) is 8.77. The van der Waals surface area contributed by atoms with Crippen molar-refractivity contribution in [3.05, 3.63) is 29.8 Å². The Bertz CT molecular complexity index is 376. The molecular weight excluding hydrogens is 248 g/mol. The summed E-state index contributed by atoms with van der Waals surface area (Å²) in [6.07, 6.45) is 7.35. The van der Waals surface area contributed by atoms with E-state index in [2.05, 4.69) is 0 Å². The van der Waals surface area contributed by atoms with Gasteiger partial charge in [-0.15, -0.1) is 0 Å². The second-order valence-electron chi connectivity index (χ2n) is 5.04. The molecule has 20 heavy (non-hydrogen) atoms. The van der Waals surface area contributed by atoms with Crippen LogP contribution in [0.5, 0.6) is 0 Å². The zero-order chi connectivity index (χ0) is 12.8. The molecule has 1 heterocycles. The number of carbonyl (C=O) groups is 1. The summed E-state index contributed by atoms with van der Waals surface area (Å²) in [5.41, 5.74) is 7.10. The number of carbonyl (C=O) groups excluding carboxylic acids is 1. The third-order valence-electron chi connectivity index (χ3n) is 3.55. The molecule has 0 aromatic heterocycles. The normalized spacial score (nSPS) is 15.9. The van der Waals surface area contributed by atoms with Gasteiger partial charge in [-0.2, -0.15) is 0 Å². The van der Waals surface area contributed by atoms with Crippen LogP contribution in [-0.2, 0) is 0 Å². The van der Waals surface area contributed by atoms with E-state index in [1.807, 2.05) is 17.0 Å². The van der Waals surface area contributed by atoms with Crippen LogP contribution in [0.25, 0.3) is 0 Å². The van der Waals surface area contributed by atoms with E-state index in [9.17, 15) is 4.79 Å². The second kappa shape index (κ2) is 9.40. The predicted octanol–water partition coefficient (Wildman–Crippen LogP) is 4.34. The number of amides is 1. The maximum absolute atomic E-state index is 12.4. The van der Waals surface area contributed by atoms with E-state index in [-0.39, 0.29) is 20.8 Å². The Labute approximate surface area is 124 Å². The maximum Gasteiger partial charge on any atom is 0.253 e. The van der Waals surface area contributed by atoms with Gasteiger partial charge in [-0.1, -0.05) is 40.5 Å². The summed E-state index contributed by atoms with van der Waals surface area (Å²) in [6, 6.07) is 7.24. The molecule has 1 aliphatic rings. The zero-order valence-electron chi connectivity index (χ0n) is 10.9. The molecule has 1 fully saturated rings. The second-order valence-corrected chi connectivity index (χ2v) is 5.04. The molecule has 2 N–H and O–H groups in total. The van der Waals surface area contributed by atoms with E-state index in [0.29, 0.717) is 5.69 Å². The molecule has 1 amide bonds. The van der Waals surface area contributed by atoms with Gasteiger partial charge < -0.3 is 10.6 Å². The van der Waals surface area contributed by atoms with Crippen molar-refractivity contribution in [2.45, 2.75) is 53.4 Å². The van der Waals surface area contributed by atoms with E-state index < -0.39 is 0 Å². The molecule has 1 aromatic carbocycles. The van der Waals surface area contributed by atoms with Crippen molar-refractivity contribution in [3.63, 3.8) is 0 Å². The van der Waals surface area contributed by atoms with Crippen LogP contribution in [0, 0.1) is 0 Å². The van der Waals surface area contributed by atoms with Gasteiger partial charge in [0, 0.05) is 24.3 Å². The summed E-state index contributed by atoms with van der Waals surface area (Å²) in [6.45, 7) is 1.78. The minimum atomic E-state index is 0. The lowest BCUT2D eigenvalue weighted by atomic mass is 10.1. The molecule has 114 valence electrons. The molecule has 0 atom stereocenters. The molecule has 3 nitrogen and oxygen atoms in total. The van der Waals surface area contributed by atoms with Gasteiger partial charge in [0.05, 0.1) is 0 Å². The first-order valence-corrected chi connectivity index (χ1v) is 6.92. The minimum absolute atomic E-state index is 0. The Morgan fingerprint density at radius 1 is 0.850 bits per heavy atom. The molecule has 0 unspecified atom stereocenters. The van der Waals surface area contributed by atoms with Crippen molar-refractivity contribution in [3.8, 4) is 0 Å². The summed E-state index contributed by atoms with van der Waals surface area (Å²) in [4.78, 5) is 14.4. The topological polar surface area (TPSA) is 46.3 Å². The Kier molecular flexibility index (Phi) is 8.69. The van der Waals surface area contributed by atoms with Gasteiger partial charge in [0.25, 0.3) is 5.91 Å². The molecule has 0 spiro atoms. The first-order valence-electron chi connectivity index (χ1n) is 6.92. The van der Waals surface area contributed by atoms with Gasteiger partial charge in [0.15, 0.2) is 0 Å². The highest BCUT2D eigenvalue weighted by molar-refractivity contribution is 5.94. The van der Waals surface area contributed by atoms with Gasteiger partial charge in [-0.05, 0) is 37.1 Å². The van der Waals surface area contributed by atoms with Crippen molar-refractivity contribution in [1.29, 1.82) is 0 Å². The van der Waals surface area contributed by atoms with Crippen LogP contribution in [0.4, 0.5) is 5.69 Å². The van der Waals surface area contributed by atoms with Crippen LogP contribution in [0.1, 0.15) is 63.7 Å². The summed E-state index contributed by atoms with van der Waals surface area (Å²) >= 11 is 0. The molecule has 0 radical (unpaired) electrons. The SMILES string of the molecule is C.C.Nc1ccc(C(=O)N2CCCCCCCC2)cc1. The molecule has 1 saturated heterocycles. The lowest BCUT2D eigenvalue weighted by molar-refractivity contribution is 0.0752. The highest BCUT2D eigenvalue weighted by Crippen LogP contribution is 2.14. The van der Waals surface area contributed by atoms with Gasteiger partial charge >= 0.3 is 0 Å². The van der Waals surface area contributed by atoms with Gasteiger partial charge in [0.1, 0.15) is 0 Å². The van der Waals surface area contributed by atoms with Crippen LogP contribution in [-0.4, -0.2) is 23.9 Å². The van der Waals surface area contributed by atoms with Gasteiger partial charge in [-0.3, -0.25) is 4.79 Å². The van der Waals surface area contributed by atoms with Crippen LogP contribution in [0.2, 0.25) is 0 Å². The number of nitrogens with two attached hydrogens (primary N) is 1. The van der Waals surface area contributed by atoms with E-state index >= 15 is 0 Å². The Morgan fingerprint density at radius 3 is 1.80 bits per heavy atom. The smallest absolute Gasteiger partial charge is 0.253 e. The highest BCUT2D eigenvalue weighted by atomic mass is 16.2. The number of benzene rings is 1. The standard InChI is InChI=1S/C15H22N2O.2CH4/c16-14-9-7-13(8-10-14)15(18)17-11-5-3-1-2-4-6-12-17;;/h7-10H,1-6,11-12,16H2;2*1H4. The fraction of sp³-hybridized carbons (Fsp3) is 0.588. The quantitative estimate of drug-likeness (QED) is 0.777. The Hall–Kier alpha value is -1.51. The lowest BCUT2D eigenvalue weighted by Gasteiger charge is -2.22. The number of hydrogen-bond donors (Lipinski definition) is 1. The fourth-order valence-corrected chi connectivity index (χ4v) is 2.44. The van der Waals surface area contributed by atoms with Crippen molar-refractivity contribution in [2.24, 2.45) is 0 Å². The molecular formula is C17H30N2O. The minimum Gasteiger partial charge on any atom is -0.399 e. The van der Waals surface area contributed by atoms with Gasteiger partial charge in [0.2, 0.25) is 0 Å². The van der Waals surface area contributed by atoms with E-state index in [1.54, 1.807) is 12.1 Å². The fourth-order valence-electron chi connectivity index (χ4n) is 2.44. The average Bonchev–Trinajstić information content (AvgIpc) is 2.52. The van der Waals surface area contributed by atoms with E-state index in [4.69, 9.17) is 5.73 Å². The molecule has 1 aliphatic heterocycles. The van der Waals surface area contributed by atoms with E-state index in [1.165, 1.54) is 25.7 Å². The van der Waals surface area contributed by atoms with E-state index in [0.717, 1.165) is 31.5 Å². The largest absolute Gasteiger partial charge is 0.399 e. The number of nitrogens with zero attached hydrogens (tertiary/aromatic N) is 1. The summed E-state index contributed by atoms with van der Waals surface area (Å²) in [5, 5.41) is 0. The molecule has 0 saturated carbocycles. The molecule has 3 heteroatoms. The Morgan fingerprint density at radius 2 is 1.30 bits per heavy atom. The third-order valence-corrected chi connectivity index (χ3v) is 3.55. The number of rotatable bonds is 1. The summed E-state index contributed by atoms with van der Waals surface area (Å²) < 4.78 is 0. The predicted molar refractivity (Wildman–Crippen MR) is 87.9 cm³/mol. The first kappa shape index (κ1) is 18.5. The molecule has 0 bridgehead atoms. The van der Waals surface area contributed by atoms with Crippen LogP contribution in [0.15, 0.2) is 24.3 Å². The lowest BCUT2D eigenvalue weighted by Crippen LogP contribution is -2.32. The van der Waals surface area contributed by atoms with Crippen LogP contribution < -0.4 is 5.73 Å². The van der Waals surface area contributed by atoms with Crippen molar-refractivity contribution in [2.75, 3.05) is 18.8 Å². The monoisotopic (exact) mass is 278 g/mol. The van der Waals surface area contributed by atoms with Gasteiger partial charge in [-0.25, -0.2) is 0 Å². The number of nitrogen functional groups attached to an aromatic ring is 1. The Balaban J connectivity index is 0.00000180. The molecule has 2 rings (SSSR count). The van der Waals surface area contributed by atoms with Crippen molar-refractivity contribution >= 4 is 11.6 Å². The summed E-state index contributed by atoms with van der Waals surface area (Å²) in [5.74, 6) is 0.150. The number of anilines is 1. The highest BCUT2D eigenvalue weighted by Gasteiger charge is 2.15. The summed E-state index contributed by atoms with van der Waals surface area (Å²) in [7, 11) is 0. The average molecular weight is 278 g/mol. The maximum atomic E-state index is 12.4. The molecule has 1 aromatic rings. The number of hydrogen-bond acceptors (Lipinski definition) is 2. The van der Waals surface area contributed by atoms with Crippen LogP contribution >= 0.6 is 0 Å². The molecule has 0 aliphatic carbocycles.